The first-order valence-corrected chi connectivity index (χ1v) is 4.26. The monoisotopic (exact) mass is 156 g/mol. The van der Waals surface area contributed by atoms with Gasteiger partial charge in [-0.3, -0.25) is 9.69 Å². The number of nitrogens with zero attached hydrogens (tertiary/aromatic N) is 1. The van der Waals surface area contributed by atoms with Crippen LogP contribution in [-0.2, 0) is 4.79 Å². The van der Waals surface area contributed by atoms with Gasteiger partial charge in [0.05, 0.1) is 6.54 Å². The van der Waals surface area contributed by atoms with Crippen LogP contribution in [0.3, 0.4) is 0 Å². The number of nitrogens with two attached hydrogens (primary N) is 1. The summed E-state index contributed by atoms with van der Waals surface area (Å²) in [5.74, 6) is -0.203. The van der Waals surface area contributed by atoms with Gasteiger partial charge >= 0.3 is 0 Å². The van der Waals surface area contributed by atoms with E-state index in [1.165, 1.54) is 12.8 Å². The van der Waals surface area contributed by atoms with E-state index in [2.05, 4.69) is 11.8 Å². The first kappa shape index (κ1) is 8.53. The molecule has 0 aromatic heterocycles. The molecule has 0 radical (unpaired) electrons. The third-order valence-corrected chi connectivity index (χ3v) is 2.33. The van der Waals surface area contributed by atoms with Gasteiger partial charge in [-0.25, -0.2) is 0 Å². The Morgan fingerprint density at radius 1 is 1.73 bits per heavy atom. The Labute approximate surface area is 67.5 Å². The normalized spacial score (nSPS) is 25.7. The number of likely N-dealkylation sites (tertiary alicyclic amines) is 1. The number of hydrogen-bond acceptors (Lipinski definition) is 2. The molecule has 3 nitrogen and oxygen atoms in total. The van der Waals surface area contributed by atoms with Crippen molar-refractivity contribution in [1.29, 1.82) is 0 Å². The Hall–Kier alpha value is -0.570. The summed E-state index contributed by atoms with van der Waals surface area (Å²) < 4.78 is 0. The van der Waals surface area contributed by atoms with Gasteiger partial charge in [0.15, 0.2) is 0 Å². The Kier molecular flexibility index (Phi) is 2.88. The van der Waals surface area contributed by atoms with Crippen LogP contribution in [-0.4, -0.2) is 29.9 Å². The lowest BCUT2D eigenvalue weighted by molar-refractivity contribution is -0.119. The molecule has 1 atom stereocenters. The molecule has 1 saturated heterocycles. The lowest BCUT2D eigenvalue weighted by Gasteiger charge is -2.20. The second-order valence-corrected chi connectivity index (χ2v) is 3.14. The number of carbonyl (C=O) groups is 1. The van der Waals surface area contributed by atoms with E-state index in [0.717, 1.165) is 13.0 Å². The van der Waals surface area contributed by atoms with E-state index in [0.29, 0.717) is 12.6 Å². The van der Waals surface area contributed by atoms with E-state index < -0.39 is 0 Å². The van der Waals surface area contributed by atoms with Crippen LogP contribution in [0, 0.1) is 0 Å². The quantitative estimate of drug-likeness (QED) is 0.640. The first-order chi connectivity index (χ1) is 5.24. The van der Waals surface area contributed by atoms with Crippen LogP contribution in [0.4, 0.5) is 0 Å². The molecular formula is C8H16N2O. The summed E-state index contributed by atoms with van der Waals surface area (Å²) in [6.07, 6.45) is 3.57. The van der Waals surface area contributed by atoms with Crippen molar-refractivity contribution in [2.75, 3.05) is 13.1 Å². The maximum Gasteiger partial charge on any atom is 0.231 e. The zero-order valence-corrected chi connectivity index (χ0v) is 7.05. The van der Waals surface area contributed by atoms with Crippen LogP contribution in [0.2, 0.25) is 0 Å². The van der Waals surface area contributed by atoms with Gasteiger partial charge in [-0.2, -0.15) is 0 Å². The molecule has 0 bridgehead atoms. The molecule has 1 aliphatic heterocycles. The molecule has 1 aliphatic rings. The van der Waals surface area contributed by atoms with E-state index in [-0.39, 0.29) is 5.91 Å². The van der Waals surface area contributed by atoms with Crippen LogP contribution in [0.5, 0.6) is 0 Å². The standard InChI is InChI=1S/C8H16N2O/c1-2-7-4-3-5-10(7)6-8(9)11/h7H,2-6H2,1H3,(H2,9,11). The lowest BCUT2D eigenvalue weighted by Crippen LogP contribution is -2.36. The van der Waals surface area contributed by atoms with Gasteiger partial charge in [-0.1, -0.05) is 6.92 Å². The molecule has 1 unspecified atom stereocenters. The van der Waals surface area contributed by atoms with Gasteiger partial charge in [-0.05, 0) is 25.8 Å². The highest BCUT2D eigenvalue weighted by atomic mass is 16.1. The van der Waals surface area contributed by atoms with Crippen LogP contribution < -0.4 is 5.73 Å². The van der Waals surface area contributed by atoms with Crippen LogP contribution >= 0.6 is 0 Å². The summed E-state index contributed by atoms with van der Waals surface area (Å²) in [5.41, 5.74) is 5.11. The third kappa shape index (κ3) is 2.19. The SMILES string of the molecule is CCC1CCCN1CC(N)=O. The average molecular weight is 156 g/mol. The molecule has 2 N–H and O–H groups in total. The molecule has 0 saturated carbocycles. The highest BCUT2D eigenvalue weighted by Gasteiger charge is 2.23. The Balaban J connectivity index is 2.37. The van der Waals surface area contributed by atoms with Crippen molar-refractivity contribution in [2.45, 2.75) is 32.2 Å². The summed E-state index contributed by atoms with van der Waals surface area (Å²) in [7, 11) is 0. The fourth-order valence-electron chi connectivity index (χ4n) is 1.77. The summed E-state index contributed by atoms with van der Waals surface area (Å²) in [6.45, 7) is 3.64. The Morgan fingerprint density at radius 2 is 2.45 bits per heavy atom. The van der Waals surface area contributed by atoms with Crippen LogP contribution in [0.25, 0.3) is 0 Å². The number of amides is 1. The van der Waals surface area contributed by atoms with Crippen molar-refractivity contribution < 1.29 is 4.79 Å². The van der Waals surface area contributed by atoms with E-state index >= 15 is 0 Å². The van der Waals surface area contributed by atoms with Gasteiger partial charge < -0.3 is 5.73 Å². The van der Waals surface area contributed by atoms with Gasteiger partial charge in [0.25, 0.3) is 0 Å². The fourth-order valence-corrected chi connectivity index (χ4v) is 1.77. The van der Waals surface area contributed by atoms with Crippen LogP contribution in [0.1, 0.15) is 26.2 Å². The number of primary amides is 1. The van der Waals surface area contributed by atoms with Crippen molar-refractivity contribution >= 4 is 5.91 Å². The summed E-state index contributed by atoms with van der Waals surface area (Å²) in [5, 5.41) is 0. The highest BCUT2D eigenvalue weighted by Crippen LogP contribution is 2.18. The number of carbonyl (C=O) groups excluding carboxylic acids is 1. The topological polar surface area (TPSA) is 46.3 Å². The van der Waals surface area contributed by atoms with Crippen molar-refractivity contribution in [3.63, 3.8) is 0 Å². The molecule has 1 heterocycles. The van der Waals surface area contributed by atoms with E-state index in [1.54, 1.807) is 0 Å². The van der Waals surface area contributed by atoms with Gasteiger partial charge in [0.1, 0.15) is 0 Å². The summed E-state index contributed by atoms with van der Waals surface area (Å²) in [4.78, 5) is 12.8. The van der Waals surface area contributed by atoms with Crippen LogP contribution in [0.15, 0.2) is 0 Å². The second kappa shape index (κ2) is 3.72. The van der Waals surface area contributed by atoms with Crippen molar-refractivity contribution in [3.8, 4) is 0 Å². The van der Waals surface area contributed by atoms with Gasteiger partial charge in [0.2, 0.25) is 5.91 Å². The lowest BCUT2D eigenvalue weighted by atomic mass is 10.2. The highest BCUT2D eigenvalue weighted by molar-refractivity contribution is 5.76. The van der Waals surface area contributed by atoms with Gasteiger partial charge in [0, 0.05) is 6.04 Å². The zero-order chi connectivity index (χ0) is 8.27. The van der Waals surface area contributed by atoms with E-state index in [1.807, 2.05) is 0 Å². The van der Waals surface area contributed by atoms with E-state index in [4.69, 9.17) is 5.73 Å². The molecule has 1 fully saturated rings. The Bertz CT molecular complexity index is 147. The smallest absolute Gasteiger partial charge is 0.231 e. The van der Waals surface area contributed by atoms with Crippen molar-refractivity contribution in [2.24, 2.45) is 5.73 Å². The minimum Gasteiger partial charge on any atom is -0.369 e. The molecule has 11 heavy (non-hydrogen) atoms. The van der Waals surface area contributed by atoms with Crippen molar-refractivity contribution in [3.05, 3.63) is 0 Å². The van der Waals surface area contributed by atoms with Crippen molar-refractivity contribution in [1.82, 2.24) is 4.90 Å². The molecule has 1 rings (SSSR count). The molecular weight excluding hydrogens is 140 g/mol. The Morgan fingerprint density at radius 3 is 3.00 bits per heavy atom. The molecule has 0 aromatic rings. The third-order valence-electron chi connectivity index (χ3n) is 2.33. The molecule has 0 spiro atoms. The minimum atomic E-state index is -0.203. The minimum absolute atomic E-state index is 0.203. The zero-order valence-electron chi connectivity index (χ0n) is 7.05. The predicted octanol–water partition coefficient (Wildman–Crippen LogP) is 0.346. The average Bonchev–Trinajstić information content (AvgIpc) is 2.34. The molecule has 64 valence electrons. The summed E-state index contributed by atoms with van der Waals surface area (Å²) in [6, 6.07) is 0.600. The molecule has 1 amide bonds. The number of rotatable bonds is 3. The molecule has 0 aliphatic carbocycles. The largest absolute Gasteiger partial charge is 0.369 e. The molecule has 0 aromatic carbocycles. The van der Waals surface area contributed by atoms with Gasteiger partial charge in [-0.15, -0.1) is 0 Å². The molecule has 3 heteroatoms. The first-order valence-electron chi connectivity index (χ1n) is 4.26. The number of hydrogen-bond donors (Lipinski definition) is 1. The second-order valence-electron chi connectivity index (χ2n) is 3.14. The fraction of sp³-hybridized carbons (Fsp3) is 0.875. The van der Waals surface area contributed by atoms with E-state index in [9.17, 15) is 4.79 Å². The summed E-state index contributed by atoms with van der Waals surface area (Å²) >= 11 is 0. The predicted molar refractivity (Wildman–Crippen MR) is 44.1 cm³/mol. The maximum atomic E-state index is 10.6. The maximum absolute atomic E-state index is 10.6.